The summed E-state index contributed by atoms with van der Waals surface area (Å²) in [6.45, 7) is 5.71. The topological polar surface area (TPSA) is 75.4 Å². The zero-order valence-corrected chi connectivity index (χ0v) is 15.0. The van der Waals surface area contributed by atoms with Gasteiger partial charge in [0.1, 0.15) is 12.3 Å². The van der Waals surface area contributed by atoms with E-state index in [1.807, 2.05) is 44.2 Å². The predicted octanol–water partition coefficient (Wildman–Crippen LogP) is 3.18. The number of nitrogens with zero attached hydrogens (tertiary/aromatic N) is 2. The molecule has 25 heavy (non-hydrogen) atoms. The van der Waals surface area contributed by atoms with Crippen molar-refractivity contribution in [1.82, 2.24) is 10.1 Å². The van der Waals surface area contributed by atoms with Crippen LogP contribution in [0.15, 0.2) is 40.9 Å². The zero-order chi connectivity index (χ0) is 18.2. The minimum atomic E-state index is -0.276. The van der Waals surface area contributed by atoms with E-state index in [1.165, 1.54) is 0 Å². The Labute approximate surface area is 148 Å². The molecule has 1 aromatic heterocycles. The molecule has 0 unspecified atom stereocenters. The minimum Gasteiger partial charge on any atom is -0.360 e. The van der Waals surface area contributed by atoms with Crippen molar-refractivity contribution in [2.24, 2.45) is 0 Å². The molecule has 2 amide bonds. The Morgan fingerprint density at radius 2 is 2.00 bits per heavy atom. The Morgan fingerprint density at radius 1 is 1.28 bits per heavy atom. The molecule has 0 saturated heterocycles. The third-order valence-electron chi connectivity index (χ3n) is 4.12. The molecule has 0 saturated carbocycles. The summed E-state index contributed by atoms with van der Waals surface area (Å²) in [5, 5.41) is 6.40. The summed E-state index contributed by atoms with van der Waals surface area (Å²) in [6.07, 6.45) is 1.83. The molecule has 0 radical (unpaired) electrons. The number of carbonyl (C=O) groups excluding carboxylic acids is 2. The summed E-state index contributed by atoms with van der Waals surface area (Å²) in [5.41, 5.74) is 1.11. The average molecular weight is 343 g/mol. The van der Waals surface area contributed by atoms with E-state index in [1.54, 1.807) is 17.9 Å². The second-order valence-corrected chi connectivity index (χ2v) is 6.14. The van der Waals surface area contributed by atoms with Gasteiger partial charge in [0.2, 0.25) is 11.8 Å². The van der Waals surface area contributed by atoms with Gasteiger partial charge < -0.3 is 14.7 Å². The first-order valence-corrected chi connectivity index (χ1v) is 8.56. The van der Waals surface area contributed by atoms with Crippen LogP contribution in [-0.4, -0.2) is 34.5 Å². The largest absolute Gasteiger partial charge is 0.360 e. The van der Waals surface area contributed by atoms with Crippen molar-refractivity contribution in [3.05, 3.63) is 47.7 Å². The van der Waals surface area contributed by atoms with Gasteiger partial charge in [-0.3, -0.25) is 9.59 Å². The molecule has 0 spiro atoms. The molecule has 1 heterocycles. The van der Waals surface area contributed by atoms with Crippen LogP contribution in [0.5, 0.6) is 0 Å². The highest BCUT2D eigenvalue weighted by Crippen LogP contribution is 2.11. The first-order chi connectivity index (χ1) is 12.0. The van der Waals surface area contributed by atoms with E-state index in [2.05, 4.69) is 10.5 Å². The normalized spacial score (nSPS) is 11.8. The molecule has 1 aromatic carbocycles. The Morgan fingerprint density at radius 3 is 2.60 bits per heavy atom. The van der Waals surface area contributed by atoms with Gasteiger partial charge in [0.15, 0.2) is 5.82 Å². The molecule has 0 bridgehead atoms. The quantitative estimate of drug-likeness (QED) is 0.799. The van der Waals surface area contributed by atoms with Gasteiger partial charge in [-0.2, -0.15) is 0 Å². The van der Waals surface area contributed by atoms with E-state index in [0.29, 0.717) is 24.4 Å². The van der Waals surface area contributed by atoms with Gasteiger partial charge in [0, 0.05) is 18.5 Å². The monoisotopic (exact) mass is 343 g/mol. The van der Waals surface area contributed by atoms with Crippen LogP contribution in [0.2, 0.25) is 0 Å². The van der Waals surface area contributed by atoms with Gasteiger partial charge in [-0.25, -0.2) is 0 Å². The van der Waals surface area contributed by atoms with Gasteiger partial charge in [0.05, 0.1) is 0 Å². The van der Waals surface area contributed by atoms with Crippen LogP contribution >= 0.6 is 0 Å². The third kappa shape index (κ3) is 5.74. The van der Waals surface area contributed by atoms with Crippen LogP contribution in [0.4, 0.5) is 5.82 Å². The van der Waals surface area contributed by atoms with Crippen LogP contribution in [-0.2, 0) is 16.0 Å². The molecule has 0 fully saturated rings. The maximum Gasteiger partial charge on any atom is 0.245 e. The summed E-state index contributed by atoms with van der Waals surface area (Å²) in [4.78, 5) is 26.5. The van der Waals surface area contributed by atoms with E-state index in [-0.39, 0.29) is 24.4 Å². The van der Waals surface area contributed by atoms with Crippen LogP contribution in [0.1, 0.15) is 38.0 Å². The molecule has 2 rings (SSSR count). The molecule has 0 aliphatic carbocycles. The number of anilines is 1. The number of rotatable bonds is 8. The fourth-order valence-electron chi connectivity index (χ4n) is 2.51. The van der Waals surface area contributed by atoms with Crippen LogP contribution in [0.25, 0.3) is 0 Å². The van der Waals surface area contributed by atoms with Crippen molar-refractivity contribution in [1.29, 1.82) is 0 Å². The number of hydrogen-bond acceptors (Lipinski definition) is 4. The Kier molecular flexibility index (Phi) is 6.74. The summed E-state index contributed by atoms with van der Waals surface area (Å²) in [5.74, 6) is 0.683. The number of aryl methyl sites for hydroxylation is 2. The van der Waals surface area contributed by atoms with Gasteiger partial charge in [-0.1, -0.05) is 42.4 Å². The number of nitrogens with one attached hydrogen (secondary N) is 1. The second kappa shape index (κ2) is 9.01. The lowest BCUT2D eigenvalue weighted by Gasteiger charge is -2.28. The molecule has 1 atom stereocenters. The molecule has 1 N–H and O–H groups in total. The van der Waals surface area contributed by atoms with Crippen molar-refractivity contribution < 1.29 is 14.1 Å². The second-order valence-electron chi connectivity index (χ2n) is 6.14. The summed E-state index contributed by atoms with van der Waals surface area (Å²) < 4.78 is 4.93. The summed E-state index contributed by atoms with van der Waals surface area (Å²) in [6, 6.07) is 11.5. The lowest BCUT2D eigenvalue weighted by atomic mass is 10.1. The van der Waals surface area contributed by atoms with E-state index in [0.717, 1.165) is 12.0 Å². The highest BCUT2D eigenvalue weighted by Gasteiger charge is 2.22. The average Bonchev–Trinajstić information content (AvgIpc) is 3.02. The Hall–Kier alpha value is -2.63. The van der Waals surface area contributed by atoms with Crippen molar-refractivity contribution in [3.8, 4) is 0 Å². The fraction of sp³-hybridized carbons (Fsp3) is 0.421. The summed E-state index contributed by atoms with van der Waals surface area (Å²) >= 11 is 0. The van der Waals surface area contributed by atoms with Gasteiger partial charge in [-0.15, -0.1) is 0 Å². The molecule has 6 nitrogen and oxygen atoms in total. The molecule has 0 aliphatic rings. The SMILES string of the molecule is CC[C@H](C)N(CC(=O)Nc1cc(C)on1)C(=O)CCc1ccccc1. The highest BCUT2D eigenvalue weighted by atomic mass is 16.5. The number of aromatic nitrogens is 1. The Bertz CT molecular complexity index is 697. The smallest absolute Gasteiger partial charge is 0.245 e. The summed E-state index contributed by atoms with van der Waals surface area (Å²) in [7, 11) is 0. The van der Waals surface area contributed by atoms with Crippen molar-refractivity contribution >= 4 is 17.6 Å². The van der Waals surface area contributed by atoms with Crippen molar-refractivity contribution in [2.75, 3.05) is 11.9 Å². The van der Waals surface area contributed by atoms with E-state index < -0.39 is 0 Å². The standard InChI is InChI=1S/C19H25N3O3/c1-4-14(2)22(13-18(23)20-17-12-15(3)25-21-17)19(24)11-10-16-8-6-5-7-9-16/h5-9,12,14H,4,10-11,13H2,1-3H3,(H,20,21,23)/t14-/m0/s1. The first kappa shape index (κ1) is 18.7. The predicted molar refractivity (Wildman–Crippen MR) is 96.1 cm³/mol. The zero-order valence-electron chi connectivity index (χ0n) is 15.0. The lowest BCUT2D eigenvalue weighted by molar-refractivity contribution is -0.136. The molecule has 0 aliphatic heterocycles. The maximum absolute atomic E-state index is 12.6. The number of hydrogen-bond donors (Lipinski definition) is 1. The number of benzene rings is 1. The maximum atomic E-state index is 12.6. The lowest BCUT2D eigenvalue weighted by Crippen LogP contribution is -2.43. The van der Waals surface area contributed by atoms with Crippen molar-refractivity contribution in [3.63, 3.8) is 0 Å². The number of amides is 2. The van der Waals surface area contributed by atoms with Crippen LogP contribution in [0, 0.1) is 6.92 Å². The molecule has 2 aromatic rings. The van der Waals surface area contributed by atoms with E-state index >= 15 is 0 Å². The Balaban J connectivity index is 1.94. The fourth-order valence-corrected chi connectivity index (χ4v) is 2.51. The van der Waals surface area contributed by atoms with Gasteiger partial charge in [-0.05, 0) is 32.3 Å². The highest BCUT2D eigenvalue weighted by molar-refractivity contribution is 5.93. The van der Waals surface area contributed by atoms with Crippen molar-refractivity contribution in [2.45, 2.75) is 46.1 Å². The molecule has 6 heteroatoms. The number of carbonyl (C=O) groups is 2. The van der Waals surface area contributed by atoms with E-state index in [9.17, 15) is 9.59 Å². The van der Waals surface area contributed by atoms with Crippen LogP contribution < -0.4 is 5.32 Å². The molecular weight excluding hydrogens is 318 g/mol. The van der Waals surface area contributed by atoms with E-state index in [4.69, 9.17) is 4.52 Å². The minimum absolute atomic E-state index is 0.00642. The third-order valence-corrected chi connectivity index (χ3v) is 4.12. The molecule has 134 valence electrons. The first-order valence-electron chi connectivity index (χ1n) is 8.56. The van der Waals surface area contributed by atoms with Crippen LogP contribution in [0.3, 0.4) is 0 Å². The molecular formula is C19H25N3O3. The van der Waals surface area contributed by atoms with Gasteiger partial charge >= 0.3 is 0 Å². The van der Waals surface area contributed by atoms with Gasteiger partial charge in [0.25, 0.3) is 0 Å².